The Hall–Kier alpha value is -1.41. The maximum atomic E-state index is 6.29. The lowest BCUT2D eigenvalue weighted by molar-refractivity contribution is 0.459. The molecule has 1 heterocycles. The van der Waals surface area contributed by atoms with Crippen LogP contribution in [0.25, 0.3) is 10.9 Å². The van der Waals surface area contributed by atoms with Gasteiger partial charge in [0.2, 0.25) is 0 Å². The first-order valence-corrected chi connectivity index (χ1v) is 5.83. The second-order valence-corrected chi connectivity index (χ2v) is 4.33. The Kier molecular flexibility index (Phi) is 3.20. The molecular weight excluding hydrogens is 196 g/mol. The Morgan fingerprint density at radius 1 is 1.25 bits per heavy atom. The lowest BCUT2D eigenvalue weighted by atomic mass is 9.91. The van der Waals surface area contributed by atoms with Crippen molar-refractivity contribution >= 4 is 10.9 Å². The summed E-state index contributed by atoms with van der Waals surface area (Å²) in [5.41, 5.74) is 8.52. The van der Waals surface area contributed by atoms with Crippen molar-refractivity contribution in [2.24, 2.45) is 11.7 Å². The number of nitrogens with two attached hydrogens (primary N) is 1. The fourth-order valence-corrected chi connectivity index (χ4v) is 1.98. The molecule has 0 amide bonds. The van der Waals surface area contributed by atoms with Gasteiger partial charge in [-0.05, 0) is 23.6 Å². The van der Waals surface area contributed by atoms with Crippen LogP contribution in [-0.4, -0.2) is 4.98 Å². The maximum Gasteiger partial charge on any atom is 0.0705 e. The molecule has 2 heteroatoms. The molecule has 0 bridgehead atoms. The summed E-state index contributed by atoms with van der Waals surface area (Å²) in [5.74, 6) is 0.491. The van der Waals surface area contributed by atoms with E-state index in [1.807, 2.05) is 24.4 Å². The molecule has 84 valence electrons. The Labute approximate surface area is 96.5 Å². The normalized spacial score (nSPS) is 14.9. The van der Waals surface area contributed by atoms with Crippen molar-refractivity contribution in [1.82, 2.24) is 4.98 Å². The van der Waals surface area contributed by atoms with Gasteiger partial charge in [-0.3, -0.25) is 4.98 Å². The highest BCUT2D eigenvalue weighted by Crippen LogP contribution is 2.27. The first kappa shape index (κ1) is 11.1. The minimum atomic E-state index is 0.0953. The third-order valence-corrected chi connectivity index (χ3v) is 3.30. The second kappa shape index (κ2) is 4.62. The molecule has 1 aromatic carbocycles. The zero-order valence-electron chi connectivity index (χ0n) is 9.85. The third-order valence-electron chi connectivity index (χ3n) is 3.30. The van der Waals surface area contributed by atoms with Crippen LogP contribution < -0.4 is 5.73 Å². The van der Waals surface area contributed by atoms with Gasteiger partial charge in [-0.25, -0.2) is 0 Å². The summed E-state index contributed by atoms with van der Waals surface area (Å²) in [6, 6.07) is 10.3. The van der Waals surface area contributed by atoms with Crippen molar-refractivity contribution in [3.8, 4) is 0 Å². The summed E-state index contributed by atoms with van der Waals surface area (Å²) in [6.45, 7) is 4.37. The molecule has 0 fully saturated rings. The lowest BCUT2D eigenvalue weighted by Gasteiger charge is -2.20. The molecule has 16 heavy (non-hydrogen) atoms. The van der Waals surface area contributed by atoms with Crippen molar-refractivity contribution in [1.29, 1.82) is 0 Å². The number of rotatable bonds is 3. The van der Waals surface area contributed by atoms with E-state index >= 15 is 0 Å². The van der Waals surface area contributed by atoms with Gasteiger partial charge in [-0.2, -0.15) is 0 Å². The van der Waals surface area contributed by atoms with E-state index in [2.05, 4.69) is 31.0 Å². The van der Waals surface area contributed by atoms with E-state index in [0.29, 0.717) is 5.92 Å². The molecule has 1 aromatic heterocycles. The predicted octanol–water partition coefficient (Wildman–Crippen LogP) is 3.28. The fraction of sp³-hybridized carbons (Fsp3) is 0.357. The van der Waals surface area contributed by atoms with Crippen LogP contribution in [0.1, 0.15) is 31.9 Å². The van der Waals surface area contributed by atoms with Crippen molar-refractivity contribution < 1.29 is 0 Å². The molecule has 2 nitrogen and oxygen atoms in total. The number of benzene rings is 1. The first-order chi connectivity index (χ1) is 7.74. The Bertz CT molecular complexity index is 474. The van der Waals surface area contributed by atoms with E-state index < -0.39 is 0 Å². The molecule has 2 atom stereocenters. The number of nitrogens with zero attached hydrogens (tertiary/aromatic N) is 1. The standard InChI is InChI=1S/C14H18N2/c1-3-10(2)14(15)12-6-4-8-13-11(12)7-5-9-16-13/h4-10,14H,3,15H2,1-2H3. The van der Waals surface area contributed by atoms with Gasteiger partial charge in [0, 0.05) is 17.6 Å². The van der Waals surface area contributed by atoms with Crippen LogP contribution >= 0.6 is 0 Å². The van der Waals surface area contributed by atoms with Crippen molar-refractivity contribution in [2.45, 2.75) is 26.3 Å². The monoisotopic (exact) mass is 214 g/mol. The van der Waals surface area contributed by atoms with E-state index in [0.717, 1.165) is 11.9 Å². The van der Waals surface area contributed by atoms with Crippen LogP contribution in [-0.2, 0) is 0 Å². The molecule has 0 aliphatic heterocycles. The highest BCUT2D eigenvalue weighted by molar-refractivity contribution is 5.82. The summed E-state index contributed by atoms with van der Waals surface area (Å²) in [5, 5.41) is 1.18. The largest absolute Gasteiger partial charge is 0.324 e. The lowest BCUT2D eigenvalue weighted by Crippen LogP contribution is -2.18. The Morgan fingerprint density at radius 3 is 2.81 bits per heavy atom. The fourth-order valence-electron chi connectivity index (χ4n) is 1.98. The van der Waals surface area contributed by atoms with Crippen LogP contribution in [0, 0.1) is 5.92 Å². The summed E-state index contributed by atoms with van der Waals surface area (Å²) in [6.07, 6.45) is 2.92. The van der Waals surface area contributed by atoms with Crippen LogP contribution in [0.3, 0.4) is 0 Å². The summed E-state index contributed by atoms with van der Waals surface area (Å²) >= 11 is 0. The van der Waals surface area contributed by atoms with E-state index in [4.69, 9.17) is 5.73 Å². The number of pyridine rings is 1. The zero-order valence-corrected chi connectivity index (χ0v) is 9.85. The smallest absolute Gasteiger partial charge is 0.0705 e. The van der Waals surface area contributed by atoms with E-state index in [-0.39, 0.29) is 6.04 Å². The zero-order chi connectivity index (χ0) is 11.5. The van der Waals surface area contributed by atoms with E-state index in [9.17, 15) is 0 Å². The molecular formula is C14H18N2. The van der Waals surface area contributed by atoms with E-state index in [1.165, 1.54) is 10.9 Å². The Morgan fingerprint density at radius 2 is 2.06 bits per heavy atom. The Balaban J connectivity index is 2.52. The maximum absolute atomic E-state index is 6.29. The van der Waals surface area contributed by atoms with Gasteiger partial charge in [0.15, 0.2) is 0 Å². The van der Waals surface area contributed by atoms with Gasteiger partial charge in [0.05, 0.1) is 5.52 Å². The molecule has 2 unspecified atom stereocenters. The molecule has 0 saturated heterocycles. The van der Waals surface area contributed by atoms with Crippen LogP contribution in [0.4, 0.5) is 0 Å². The molecule has 0 saturated carbocycles. The van der Waals surface area contributed by atoms with Crippen LogP contribution in [0.5, 0.6) is 0 Å². The molecule has 0 spiro atoms. The van der Waals surface area contributed by atoms with Crippen molar-refractivity contribution in [3.05, 3.63) is 42.1 Å². The van der Waals surface area contributed by atoms with Crippen LogP contribution in [0.15, 0.2) is 36.5 Å². The second-order valence-electron chi connectivity index (χ2n) is 4.33. The molecule has 2 N–H and O–H groups in total. The quantitative estimate of drug-likeness (QED) is 0.851. The van der Waals surface area contributed by atoms with Gasteiger partial charge < -0.3 is 5.73 Å². The predicted molar refractivity (Wildman–Crippen MR) is 68.1 cm³/mol. The average molecular weight is 214 g/mol. The third kappa shape index (κ3) is 1.93. The summed E-state index contributed by atoms with van der Waals surface area (Å²) < 4.78 is 0. The van der Waals surface area contributed by atoms with Gasteiger partial charge in [-0.15, -0.1) is 0 Å². The van der Waals surface area contributed by atoms with E-state index in [1.54, 1.807) is 0 Å². The minimum absolute atomic E-state index is 0.0953. The molecule has 2 rings (SSSR count). The highest BCUT2D eigenvalue weighted by atomic mass is 14.7. The van der Waals surface area contributed by atoms with Crippen molar-refractivity contribution in [2.75, 3.05) is 0 Å². The topological polar surface area (TPSA) is 38.9 Å². The summed E-state index contributed by atoms with van der Waals surface area (Å²) in [7, 11) is 0. The number of fused-ring (bicyclic) bond motifs is 1. The summed E-state index contributed by atoms with van der Waals surface area (Å²) in [4.78, 5) is 4.35. The minimum Gasteiger partial charge on any atom is -0.324 e. The number of hydrogen-bond donors (Lipinski definition) is 1. The number of aromatic nitrogens is 1. The van der Waals surface area contributed by atoms with Gasteiger partial charge in [0.25, 0.3) is 0 Å². The SMILES string of the molecule is CCC(C)C(N)c1cccc2ncccc12. The molecule has 0 aliphatic rings. The number of hydrogen-bond acceptors (Lipinski definition) is 2. The van der Waals surface area contributed by atoms with Gasteiger partial charge in [-0.1, -0.05) is 38.5 Å². The van der Waals surface area contributed by atoms with Crippen LogP contribution in [0.2, 0.25) is 0 Å². The van der Waals surface area contributed by atoms with Gasteiger partial charge >= 0.3 is 0 Å². The average Bonchev–Trinajstić information content (AvgIpc) is 2.36. The molecule has 0 aliphatic carbocycles. The first-order valence-electron chi connectivity index (χ1n) is 5.83. The van der Waals surface area contributed by atoms with Crippen molar-refractivity contribution in [3.63, 3.8) is 0 Å². The molecule has 2 aromatic rings. The highest BCUT2D eigenvalue weighted by Gasteiger charge is 2.15. The molecule has 0 radical (unpaired) electrons. The van der Waals surface area contributed by atoms with Gasteiger partial charge in [0.1, 0.15) is 0 Å².